The molecule has 0 aliphatic carbocycles. The molecule has 114 valence electrons. The third kappa shape index (κ3) is 2.23. The molecule has 3 fully saturated rings. The molecule has 0 radical (unpaired) electrons. The third-order valence-electron chi connectivity index (χ3n) is 3.59. The molecule has 0 unspecified atom stereocenters. The average molecular weight is 288 g/mol. The molecule has 0 amide bonds. The van der Waals surface area contributed by atoms with Gasteiger partial charge in [0.05, 0.1) is 7.11 Å². The summed E-state index contributed by atoms with van der Waals surface area (Å²) in [5.41, 5.74) is 0. The maximum atomic E-state index is 11.9. The number of hydrogen-bond acceptors (Lipinski definition) is 7. The Hall–Kier alpha value is -0.730. The lowest BCUT2D eigenvalue weighted by molar-refractivity contribution is -0.238. The fourth-order valence-corrected chi connectivity index (χ4v) is 2.92. The van der Waals surface area contributed by atoms with Gasteiger partial charge in [-0.2, -0.15) is 0 Å². The van der Waals surface area contributed by atoms with E-state index in [2.05, 4.69) is 0 Å². The minimum absolute atomic E-state index is 0.433. The normalized spacial score (nSPS) is 44.8. The summed E-state index contributed by atoms with van der Waals surface area (Å²) in [6.07, 6.45) is -3.00. The number of carbonyl (C=O) groups excluding carboxylic acids is 1. The van der Waals surface area contributed by atoms with Gasteiger partial charge in [0.15, 0.2) is 24.0 Å². The SMILES string of the molecule is COC(=O)[C@H]1O[C@@H]2OC(C)(C)O[C@@H]2[C@H]2OC(C)(C)O[C@@H]21. The Bertz CT molecular complexity index is 419. The maximum absolute atomic E-state index is 11.9. The van der Waals surface area contributed by atoms with Crippen LogP contribution in [0.2, 0.25) is 0 Å². The topological polar surface area (TPSA) is 72.5 Å². The van der Waals surface area contributed by atoms with Crippen molar-refractivity contribution >= 4 is 5.97 Å². The number of fused-ring (bicyclic) bond motifs is 3. The van der Waals surface area contributed by atoms with Crippen LogP contribution in [-0.4, -0.2) is 55.4 Å². The highest BCUT2D eigenvalue weighted by atomic mass is 16.9. The number of methoxy groups -OCH3 is 1. The summed E-state index contributed by atoms with van der Waals surface area (Å²) in [6.45, 7) is 7.15. The Labute approximate surface area is 117 Å². The highest BCUT2D eigenvalue weighted by Crippen LogP contribution is 2.44. The molecule has 0 aromatic carbocycles. The van der Waals surface area contributed by atoms with E-state index in [1.165, 1.54) is 7.11 Å². The van der Waals surface area contributed by atoms with Gasteiger partial charge in [0, 0.05) is 0 Å². The minimum Gasteiger partial charge on any atom is -0.467 e. The summed E-state index contributed by atoms with van der Waals surface area (Å²) < 4.78 is 33.6. The van der Waals surface area contributed by atoms with Crippen LogP contribution in [0.25, 0.3) is 0 Å². The first-order chi connectivity index (χ1) is 9.22. The zero-order valence-corrected chi connectivity index (χ0v) is 12.2. The van der Waals surface area contributed by atoms with Crippen LogP contribution in [0.5, 0.6) is 0 Å². The van der Waals surface area contributed by atoms with Crippen molar-refractivity contribution in [3.8, 4) is 0 Å². The van der Waals surface area contributed by atoms with E-state index in [9.17, 15) is 4.79 Å². The van der Waals surface area contributed by atoms with Crippen LogP contribution < -0.4 is 0 Å². The molecule has 0 saturated carbocycles. The number of esters is 1. The Kier molecular flexibility index (Phi) is 3.11. The number of ether oxygens (including phenoxy) is 6. The van der Waals surface area contributed by atoms with Gasteiger partial charge in [-0.3, -0.25) is 0 Å². The third-order valence-corrected chi connectivity index (χ3v) is 3.59. The Morgan fingerprint density at radius 3 is 2.10 bits per heavy atom. The van der Waals surface area contributed by atoms with E-state index in [-0.39, 0.29) is 0 Å². The van der Waals surface area contributed by atoms with Gasteiger partial charge < -0.3 is 28.4 Å². The Morgan fingerprint density at radius 1 is 0.900 bits per heavy atom. The number of rotatable bonds is 1. The van der Waals surface area contributed by atoms with Crippen LogP contribution in [0.4, 0.5) is 0 Å². The van der Waals surface area contributed by atoms with Gasteiger partial charge >= 0.3 is 5.97 Å². The van der Waals surface area contributed by atoms with Gasteiger partial charge in [0.25, 0.3) is 0 Å². The highest BCUT2D eigenvalue weighted by Gasteiger charge is 2.62. The second-order valence-electron chi connectivity index (χ2n) is 6.11. The number of carbonyl (C=O) groups is 1. The average Bonchev–Trinajstić information content (AvgIpc) is 2.81. The molecule has 7 nitrogen and oxygen atoms in total. The molecule has 5 atom stereocenters. The van der Waals surface area contributed by atoms with E-state index in [0.29, 0.717) is 0 Å². The molecular weight excluding hydrogens is 268 g/mol. The van der Waals surface area contributed by atoms with Crippen molar-refractivity contribution in [2.45, 2.75) is 70.0 Å². The van der Waals surface area contributed by atoms with Crippen LogP contribution in [0.15, 0.2) is 0 Å². The van der Waals surface area contributed by atoms with Gasteiger partial charge in [0.2, 0.25) is 0 Å². The predicted octanol–water partition coefficient (Wildman–Crippen LogP) is 0.556. The van der Waals surface area contributed by atoms with Gasteiger partial charge in [0.1, 0.15) is 18.3 Å². The first-order valence-corrected chi connectivity index (χ1v) is 6.67. The van der Waals surface area contributed by atoms with Gasteiger partial charge in [-0.1, -0.05) is 0 Å². The van der Waals surface area contributed by atoms with Crippen molar-refractivity contribution in [3.63, 3.8) is 0 Å². The first kappa shape index (κ1) is 14.2. The quantitative estimate of drug-likeness (QED) is 0.653. The van der Waals surface area contributed by atoms with Gasteiger partial charge in [-0.15, -0.1) is 0 Å². The molecule has 3 saturated heterocycles. The van der Waals surface area contributed by atoms with Crippen molar-refractivity contribution in [3.05, 3.63) is 0 Å². The summed E-state index contributed by atoms with van der Waals surface area (Å²) in [5, 5.41) is 0. The molecule has 0 aromatic rings. The lowest BCUT2D eigenvalue weighted by Crippen LogP contribution is -2.57. The van der Waals surface area contributed by atoms with Gasteiger partial charge in [-0.25, -0.2) is 4.79 Å². The molecule has 3 rings (SSSR count). The summed E-state index contributed by atoms with van der Waals surface area (Å²) in [7, 11) is 1.31. The summed E-state index contributed by atoms with van der Waals surface area (Å²) in [4.78, 5) is 11.9. The molecule has 3 heterocycles. The van der Waals surface area contributed by atoms with Crippen LogP contribution in [0.3, 0.4) is 0 Å². The maximum Gasteiger partial charge on any atom is 0.337 e. The summed E-state index contributed by atoms with van der Waals surface area (Å²) in [5.74, 6) is -2.11. The van der Waals surface area contributed by atoms with E-state index < -0.39 is 48.2 Å². The van der Waals surface area contributed by atoms with Crippen molar-refractivity contribution in [2.24, 2.45) is 0 Å². The second-order valence-corrected chi connectivity index (χ2v) is 6.11. The monoisotopic (exact) mass is 288 g/mol. The zero-order valence-electron chi connectivity index (χ0n) is 12.2. The van der Waals surface area contributed by atoms with E-state index in [1.54, 1.807) is 27.7 Å². The molecule has 3 aliphatic rings. The van der Waals surface area contributed by atoms with Crippen molar-refractivity contribution in [1.82, 2.24) is 0 Å². The van der Waals surface area contributed by atoms with E-state index in [0.717, 1.165) is 0 Å². The van der Waals surface area contributed by atoms with Crippen molar-refractivity contribution < 1.29 is 33.2 Å². The standard InChI is InChI=1S/C13H20O7/c1-12(2)17-6-7(18-12)9-11(20-13(3,4)19-9)16-8(6)10(14)15-5/h6-9,11H,1-5H3/t6-,7-,8-,9+,11+/m0/s1. The van der Waals surface area contributed by atoms with Gasteiger partial charge in [-0.05, 0) is 27.7 Å². The fourth-order valence-electron chi connectivity index (χ4n) is 2.92. The summed E-state index contributed by atoms with van der Waals surface area (Å²) >= 11 is 0. The van der Waals surface area contributed by atoms with E-state index in [4.69, 9.17) is 28.4 Å². The molecule has 0 N–H and O–H groups in total. The fraction of sp³-hybridized carbons (Fsp3) is 0.923. The smallest absolute Gasteiger partial charge is 0.337 e. The Morgan fingerprint density at radius 2 is 1.45 bits per heavy atom. The highest BCUT2D eigenvalue weighted by molar-refractivity contribution is 5.75. The van der Waals surface area contributed by atoms with E-state index >= 15 is 0 Å². The van der Waals surface area contributed by atoms with Crippen LogP contribution >= 0.6 is 0 Å². The van der Waals surface area contributed by atoms with Crippen molar-refractivity contribution in [2.75, 3.05) is 7.11 Å². The predicted molar refractivity (Wildman–Crippen MR) is 64.5 cm³/mol. The molecule has 7 heteroatoms. The zero-order chi connectivity index (χ0) is 14.7. The molecule has 0 spiro atoms. The second kappa shape index (κ2) is 4.38. The molecule has 0 bridgehead atoms. The molecule has 3 aliphatic heterocycles. The van der Waals surface area contributed by atoms with Crippen LogP contribution in [-0.2, 0) is 33.2 Å². The summed E-state index contributed by atoms with van der Waals surface area (Å²) in [6, 6.07) is 0. The molecule has 20 heavy (non-hydrogen) atoms. The molecule has 0 aromatic heterocycles. The van der Waals surface area contributed by atoms with Crippen molar-refractivity contribution in [1.29, 1.82) is 0 Å². The number of hydrogen-bond donors (Lipinski definition) is 0. The van der Waals surface area contributed by atoms with E-state index in [1.807, 2.05) is 0 Å². The molecular formula is C13H20O7. The minimum atomic E-state index is -0.884. The Balaban J connectivity index is 1.90. The lowest BCUT2D eigenvalue weighted by Gasteiger charge is -2.35. The largest absolute Gasteiger partial charge is 0.467 e. The first-order valence-electron chi connectivity index (χ1n) is 6.67. The lowest BCUT2D eigenvalue weighted by atomic mass is 9.99. The van der Waals surface area contributed by atoms with Crippen LogP contribution in [0, 0.1) is 0 Å². The van der Waals surface area contributed by atoms with Crippen LogP contribution in [0.1, 0.15) is 27.7 Å².